The number of benzene rings is 1. The molecule has 5 atom stereocenters. The summed E-state index contributed by atoms with van der Waals surface area (Å²) in [5.74, 6) is -0.600. The van der Waals surface area contributed by atoms with Crippen LogP contribution in [0.4, 0.5) is 0 Å². The Hall–Kier alpha value is -2.35. The van der Waals surface area contributed by atoms with Crippen molar-refractivity contribution in [1.82, 2.24) is 15.5 Å². The van der Waals surface area contributed by atoms with Gasteiger partial charge in [0.1, 0.15) is 12.1 Å². The molecule has 1 aromatic rings. The van der Waals surface area contributed by atoms with Gasteiger partial charge in [-0.15, -0.1) is 11.8 Å². The number of likely N-dealkylation sites (tertiary alicyclic amines) is 1. The summed E-state index contributed by atoms with van der Waals surface area (Å²) < 4.78 is 0. The number of carbonyl (C=O) groups excluding carboxylic acids is 3. The Balaban J connectivity index is 1.66. The molecule has 2 aliphatic heterocycles. The molecule has 2 N–H and O–H groups in total. The molecule has 0 aromatic heterocycles. The molecule has 180 valence electrons. The van der Waals surface area contributed by atoms with Crippen molar-refractivity contribution in [3.8, 4) is 0 Å². The number of nitrogens with one attached hydrogen (secondary N) is 2. The van der Waals surface area contributed by atoms with Crippen LogP contribution in [0.5, 0.6) is 0 Å². The largest absolute Gasteiger partial charge is 0.348 e. The molecule has 8 heteroatoms. The first-order chi connectivity index (χ1) is 15.5. The fourth-order valence-electron chi connectivity index (χ4n) is 4.43. The third-order valence-corrected chi connectivity index (χ3v) is 7.57. The maximum Gasteiger partial charge on any atom is 0.246 e. The molecule has 2 aliphatic rings. The Morgan fingerprint density at radius 3 is 2.36 bits per heavy atom. The van der Waals surface area contributed by atoms with E-state index in [-0.39, 0.29) is 29.8 Å². The molecular formula is C25H36N4O3S. The van der Waals surface area contributed by atoms with E-state index in [0.29, 0.717) is 18.2 Å². The molecule has 2 unspecified atom stereocenters. The van der Waals surface area contributed by atoms with Gasteiger partial charge in [-0.3, -0.25) is 19.4 Å². The summed E-state index contributed by atoms with van der Waals surface area (Å²) >= 11 is 1.73. The third-order valence-electron chi connectivity index (χ3n) is 6.36. The van der Waals surface area contributed by atoms with Gasteiger partial charge in [0.2, 0.25) is 17.7 Å². The average Bonchev–Trinajstić information content (AvgIpc) is 3.40. The smallest absolute Gasteiger partial charge is 0.246 e. The Labute approximate surface area is 201 Å². The average molecular weight is 473 g/mol. The van der Waals surface area contributed by atoms with E-state index in [2.05, 4.69) is 46.8 Å². The monoisotopic (exact) mass is 472 g/mol. The van der Waals surface area contributed by atoms with Crippen molar-refractivity contribution in [3.63, 3.8) is 0 Å². The second kappa shape index (κ2) is 10.3. The van der Waals surface area contributed by atoms with Crippen molar-refractivity contribution in [2.75, 3.05) is 6.54 Å². The standard InChI is InChI=1S/C25H36N4O3S/c1-15(18-9-11-19(12-10-18)21-16(2)26-14-33-21)27-23(31)20-8-7-13-29(20)24(32)22(25(4,5)6)28-17(3)30/h9-12,14-16,20-22H,7-8,13H2,1-6H3,(H,27,31)(H,28,30)/t15-,16?,20-,21?,22+/m0/s1. The van der Waals surface area contributed by atoms with E-state index in [1.807, 2.05) is 33.2 Å². The summed E-state index contributed by atoms with van der Waals surface area (Å²) in [6, 6.07) is 7.20. The summed E-state index contributed by atoms with van der Waals surface area (Å²) in [4.78, 5) is 44.2. The van der Waals surface area contributed by atoms with Crippen LogP contribution >= 0.6 is 11.8 Å². The molecule has 3 amide bonds. The van der Waals surface area contributed by atoms with Gasteiger partial charge in [-0.1, -0.05) is 45.0 Å². The molecule has 1 fully saturated rings. The lowest BCUT2D eigenvalue weighted by Gasteiger charge is -2.35. The van der Waals surface area contributed by atoms with Crippen LogP contribution in [0.2, 0.25) is 0 Å². The molecule has 0 bridgehead atoms. The Morgan fingerprint density at radius 2 is 1.82 bits per heavy atom. The quantitative estimate of drug-likeness (QED) is 0.662. The van der Waals surface area contributed by atoms with E-state index in [9.17, 15) is 14.4 Å². The lowest BCUT2D eigenvalue weighted by molar-refractivity contribution is -0.143. The zero-order chi connectivity index (χ0) is 24.3. The highest BCUT2D eigenvalue weighted by atomic mass is 32.2. The Morgan fingerprint density at radius 1 is 1.15 bits per heavy atom. The van der Waals surface area contributed by atoms with Crippen molar-refractivity contribution < 1.29 is 14.4 Å². The zero-order valence-corrected chi connectivity index (χ0v) is 21.2. The summed E-state index contributed by atoms with van der Waals surface area (Å²) in [6.45, 7) is 11.7. The van der Waals surface area contributed by atoms with Gasteiger partial charge in [0.05, 0.1) is 22.9 Å². The highest BCUT2D eigenvalue weighted by Crippen LogP contribution is 2.37. The second-order valence-corrected chi connectivity index (χ2v) is 11.1. The third kappa shape index (κ3) is 5.96. The van der Waals surface area contributed by atoms with Crippen LogP contribution in [0.25, 0.3) is 0 Å². The number of hydrogen-bond acceptors (Lipinski definition) is 5. The highest BCUT2D eigenvalue weighted by molar-refractivity contribution is 8.12. The maximum absolute atomic E-state index is 13.3. The first-order valence-corrected chi connectivity index (χ1v) is 12.6. The van der Waals surface area contributed by atoms with Gasteiger partial charge < -0.3 is 15.5 Å². The first kappa shape index (κ1) is 25.3. The predicted molar refractivity (Wildman–Crippen MR) is 133 cm³/mol. The summed E-state index contributed by atoms with van der Waals surface area (Å²) in [7, 11) is 0. The van der Waals surface area contributed by atoms with Crippen LogP contribution in [-0.4, -0.2) is 52.8 Å². The number of amides is 3. The number of aliphatic imine (C=N–C) groups is 1. The number of rotatable bonds is 6. The van der Waals surface area contributed by atoms with E-state index in [4.69, 9.17) is 0 Å². The fourth-order valence-corrected chi connectivity index (χ4v) is 5.44. The lowest BCUT2D eigenvalue weighted by Crippen LogP contribution is -2.57. The molecule has 7 nitrogen and oxygen atoms in total. The Bertz CT molecular complexity index is 909. The van der Waals surface area contributed by atoms with Gasteiger partial charge in [-0.25, -0.2) is 0 Å². The van der Waals surface area contributed by atoms with Crippen molar-refractivity contribution in [2.45, 2.75) is 83.8 Å². The minimum Gasteiger partial charge on any atom is -0.348 e. The van der Waals surface area contributed by atoms with Crippen LogP contribution in [0.15, 0.2) is 29.3 Å². The normalized spacial score (nSPS) is 24.4. The van der Waals surface area contributed by atoms with Crippen LogP contribution in [0.1, 0.15) is 76.8 Å². The molecule has 2 heterocycles. The second-order valence-electron chi connectivity index (χ2n) is 10.1. The van der Waals surface area contributed by atoms with Gasteiger partial charge in [0.25, 0.3) is 0 Å². The van der Waals surface area contributed by atoms with E-state index in [1.165, 1.54) is 12.5 Å². The molecule has 1 aromatic carbocycles. The highest BCUT2D eigenvalue weighted by Gasteiger charge is 2.41. The maximum atomic E-state index is 13.3. The Kier molecular flexibility index (Phi) is 7.88. The topological polar surface area (TPSA) is 90.9 Å². The molecule has 1 saturated heterocycles. The minimum atomic E-state index is -0.673. The van der Waals surface area contributed by atoms with E-state index < -0.39 is 17.5 Å². The van der Waals surface area contributed by atoms with Gasteiger partial charge in [-0.05, 0) is 43.2 Å². The van der Waals surface area contributed by atoms with Crippen molar-refractivity contribution in [1.29, 1.82) is 0 Å². The summed E-state index contributed by atoms with van der Waals surface area (Å²) in [5, 5.41) is 6.21. The number of carbonyl (C=O) groups is 3. The van der Waals surface area contributed by atoms with Crippen LogP contribution in [0.3, 0.4) is 0 Å². The van der Waals surface area contributed by atoms with Gasteiger partial charge in [0, 0.05) is 13.5 Å². The van der Waals surface area contributed by atoms with Gasteiger partial charge >= 0.3 is 0 Å². The first-order valence-electron chi connectivity index (χ1n) is 11.6. The predicted octanol–water partition coefficient (Wildman–Crippen LogP) is 3.61. The van der Waals surface area contributed by atoms with Crippen LogP contribution < -0.4 is 10.6 Å². The molecule has 3 rings (SSSR count). The van der Waals surface area contributed by atoms with Gasteiger partial charge in [0.15, 0.2) is 0 Å². The van der Waals surface area contributed by atoms with Crippen molar-refractivity contribution in [3.05, 3.63) is 35.4 Å². The number of hydrogen-bond donors (Lipinski definition) is 2. The SMILES string of the molecule is CC(=O)N[C@H](C(=O)N1CCC[C@H]1C(=O)N[C@@H](C)c1ccc(C2SC=NC2C)cc1)C(C)(C)C. The van der Waals surface area contributed by atoms with Crippen LogP contribution in [0, 0.1) is 5.41 Å². The molecule has 33 heavy (non-hydrogen) atoms. The fraction of sp³-hybridized carbons (Fsp3) is 0.600. The van der Waals surface area contributed by atoms with Crippen LogP contribution in [-0.2, 0) is 14.4 Å². The van der Waals surface area contributed by atoms with E-state index in [1.54, 1.807) is 16.7 Å². The zero-order valence-electron chi connectivity index (χ0n) is 20.4. The number of nitrogens with zero attached hydrogens (tertiary/aromatic N) is 2. The molecule has 0 aliphatic carbocycles. The summed E-state index contributed by atoms with van der Waals surface area (Å²) in [5.41, 5.74) is 3.70. The molecule has 0 saturated carbocycles. The van der Waals surface area contributed by atoms with Gasteiger partial charge in [-0.2, -0.15) is 0 Å². The van der Waals surface area contributed by atoms with E-state index in [0.717, 1.165) is 12.0 Å². The van der Waals surface area contributed by atoms with E-state index >= 15 is 0 Å². The number of thioether (sulfide) groups is 1. The van der Waals surface area contributed by atoms with Crippen molar-refractivity contribution >= 4 is 35.0 Å². The van der Waals surface area contributed by atoms with Crippen molar-refractivity contribution in [2.24, 2.45) is 10.4 Å². The molecule has 0 radical (unpaired) electrons. The molecule has 0 spiro atoms. The minimum absolute atomic E-state index is 0.152. The summed E-state index contributed by atoms with van der Waals surface area (Å²) in [6.07, 6.45) is 1.39. The lowest BCUT2D eigenvalue weighted by atomic mass is 9.85. The molecular weight excluding hydrogens is 436 g/mol.